The van der Waals surface area contributed by atoms with Crippen LogP contribution >= 0.6 is 0 Å². The Morgan fingerprint density at radius 1 is 1.12 bits per heavy atom. The fourth-order valence-electron chi connectivity index (χ4n) is 5.01. The molecule has 2 aromatic carbocycles. The summed E-state index contributed by atoms with van der Waals surface area (Å²) in [4.78, 5) is 19.8. The fourth-order valence-corrected chi connectivity index (χ4v) is 5.01. The predicted octanol–water partition coefficient (Wildman–Crippen LogP) is 4.75. The Kier molecular flexibility index (Phi) is 5.56. The molecular weight excluding hydrogens is 398 g/mol. The van der Waals surface area contributed by atoms with Gasteiger partial charge in [-0.15, -0.1) is 0 Å². The number of hydrogen-bond acceptors (Lipinski definition) is 3. The number of ether oxygens (including phenoxy) is 1. The average Bonchev–Trinajstić information content (AvgIpc) is 3.26. The van der Waals surface area contributed by atoms with Gasteiger partial charge in [0.2, 0.25) is 5.91 Å². The molecule has 5 nitrogen and oxygen atoms in total. The van der Waals surface area contributed by atoms with Crippen LogP contribution in [-0.4, -0.2) is 40.1 Å². The summed E-state index contributed by atoms with van der Waals surface area (Å²) in [6.07, 6.45) is 10.7. The number of hydrogen-bond donors (Lipinski definition) is 0. The van der Waals surface area contributed by atoms with Crippen molar-refractivity contribution in [3.63, 3.8) is 0 Å². The minimum absolute atomic E-state index is 0.189. The van der Waals surface area contributed by atoms with Crippen molar-refractivity contribution >= 4 is 12.0 Å². The molecule has 0 radical (unpaired) electrons. The summed E-state index contributed by atoms with van der Waals surface area (Å²) < 4.78 is 7.60. The van der Waals surface area contributed by atoms with Crippen LogP contribution in [0.1, 0.15) is 41.6 Å². The normalized spacial score (nSPS) is 19.8. The van der Waals surface area contributed by atoms with Crippen molar-refractivity contribution in [1.82, 2.24) is 14.5 Å². The van der Waals surface area contributed by atoms with E-state index in [1.165, 1.54) is 11.1 Å². The number of imidazole rings is 1. The first kappa shape index (κ1) is 20.6. The third-order valence-electron chi connectivity index (χ3n) is 6.68. The zero-order valence-electron chi connectivity index (χ0n) is 18.8. The number of piperidine rings is 1. The molecule has 0 bridgehead atoms. The van der Waals surface area contributed by atoms with Gasteiger partial charge in [-0.1, -0.05) is 30.3 Å². The molecule has 3 aromatic rings. The van der Waals surface area contributed by atoms with Crippen LogP contribution in [0.15, 0.2) is 60.6 Å². The first-order valence-corrected chi connectivity index (χ1v) is 11.4. The van der Waals surface area contributed by atoms with E-state index in [1.807, 2.05) is 42.0 Å². The highest BCUT2D eigenvalue weighted by atomic mass is 16.5. The molecule has 1 saturated heterocycles. The van der Waals surface area contributed by atoms with Crippen LogP contribution in [0.4, 0.5) is 0 Å². The highest BCUT2D eigenvalue weighted by molar-refractivity contribution is 5.98. The largest absolute Gasteiger partial charge is 0.495 e. The fraction of sp³-hybridized carbons (Fsp3) is 0.333. The van der Waals surface area contributed by atoms with Gasteiger partial charge in [-0.3, -0.25) is 4.79 Å². The van der Waals surface area contributed by atoms with Gasteiger partial charge in [0, 0.05) is 24.4 Å². The maximum absolute atomic E-state index is 13.4. The molecule has 0 N–H and O–H groups in total. The minimum atomic E-state index is 0.189. The van der Waals surface area contributed by atoms with Gasteiger partial charge in [0.15, 0.2) is 0 Å². The van der Waals surface area contributed by atoms with Crippen LogP contribution in [0.25, 0.3) is 11.8 Å². The number of fused-ring (bicyclic) bond motifs is 1. The zero-order chi connectivity index (χ0) is 22.1. The monoisotopic (exact) mass is 427 g/mol. The Balaban J connectivity index is 1.38. The Labute approximate surface area is 189 Å². The first-order valence-electron chi connectivity index (χ1n) is 11.4. The maximum Gasteiger partial charge on any atom is 0.250 e. The highest BCUT2D eigenvalue weighted by Crippen LogP contribution is 2.31. The van der Waals surface area contributed by atoms with Crippen molar-refractivity contribution in [3.05, 3.63) is 82.9 Å². The molecule has 1 fully saturated rings. The van der Waals surface area contributed by atoms with Crippen molar-refractivity contribution in [2.45, 2.75) is 45.1 Å². The number of aryl methyl sites for hydroxylation is 2. The lowest BCUT2D eigenvalue weighted by Gasteiger charge is -2.38. The third-order valence-corrected chi connectivity index (χ3v) is 6.68. The van der Waals surface area contributed by atoms with E-state index in [-0.39, 0.29) is 5.91 Å². The zero-order valence-corrected chi connectivity index (χ0v) is 18.8. The van der Waals surface area contributed by atoms with Crippen molar-refractivity contribution in [3.8, 4) is 11.4 Å². The van der Waals surface area contributed by atoms with Gasteiger partial charge in [0.25, 0.3) is 0 Å². The topological polar surface area (TPSA) is 47.4 Å². The van der Waals surface area contributed by atoms with Crippen LogP contribution in [0.2, 0.25) is 0 Å². The van der Waals surface area contributed by atoms with E-state index in [9.17, 15) is 4.79 Å². The Hall–Kier alpha value is -3.34. The molecule has 1 aliphatic carbocycles. The van der Waals surface area contributed by atoms with Gasteiger partial charge in [0.05, 0.1) is 24.8 Å². The van der Waals surface area contributed by atoms with Crippen molar-refractivity contribution < 1.29 is 9.53 Å². The number of benzene rings is 2. The summed E-state index contributed by atoms with van der Waals surface area (Å²) in [6.45, 7) is 2.82. The quantitative estimate of drug-likeness (QED) is 0.565. The number of likely N-dealkylation sites (tertiary alicyclic amines) is 1. The van der Waals surface area contributed by atoms with Gasteiger partial charge in [-0.25, -0.2) is 4.98 Å². The van der Waals surface area contributed by atoms with Crippen molar-refractivity contribution in [1.29, 1.82) is 0 Å². The van der Waals surface area contributed by atoms with Gasteiger partial charge in [-0.2, -0.15) is 0 Å². The first-order chi connectivity index (χ1) is 15.6. The number of carbonyl (C=O) groups excluding carboxylic acids is 1. The number of carbonyl (C=O) groups is 1. The summed E-state index contributed by atoms with van der Waals surface area (Å²) >= 11 is 0. The molecule has 0 spiro atoms. The molecule has 32 heavy (non-hydrogen) atoms. The number of rotatable bonds is 4. The summed E-state index contributed by atoms with van der Waals surface area (Å²) in [5, 5.41) is 0. The van der Waals surface area contributed by atoms with Gasteiger partial charge >= 0.3 is 0 Å². The molecule has 0 unspecified atom stereocenters. The number of amides is 1. The van der Waals surface area contributed by atoms with Crippen molar-refractivity contribution in [2.75, 3.05) is 13.7 Å². The molecule has 164 valence electrons. The Morgan fingerprint density at radius 3 is 2.75 bits per heavy atom. The van der Waals surface area contributed by atoms with E-state index < -0.39 is 0 Å². The molecule has 1 amide bonds. The Morgan fingerprint density at radius 2 is 1.97 bits per heavy atom. The molecule has 2 heterocycles. The molecule has 5 heteroatoms. The highest BCUT2D eigenvalue weighted by Gasteiger charge is 2.31. The van der Waals surface area contributed by atoms with Crippen LogP contribution < -0.4 is 4.74 Å². The van der Waals surface area contributed by atoms with E-state index in [4.69, 9.17) is 4.74 Å². The van der Waals surface area contributed by atoms with Gasteiger partial charge in [-0.05, 0) is 73.9 Å². The third kappa shape index (κ3) is 3.95. The smallest absolute Gasteiger partial charge is 0.250 e. The molecule has 1 aliphatic heterocycles. The lowest BCUT2D eigenvalue weighted by atomic mass is 9.86. The second kappa shape index (κ2) is 8.65. The van der Waals surface area contributed by atoms with Crippen molar-refractivity contribution in [2.24, 2.45) is 0 Å². The Bertz CT molecular complexity index is 1180. The summed E-state index contributed by atoms with van der Waals surface area (Å²) in [6, 6.07) is 15.0. The summed E-state index contributed by atoms with van der Waals surface area (Å²) in [7, 11) is 1.67. The molecule has 0 saturated carbocycles. The number of methoxy groups -OCH3 is 1. The lowest BCUT2D eigenvalue weighted by molar-refractivity contribution is -0.131. The van der Waals surface area contributed by atoms with Gasteiger partial charge in [0.1, 0.15) is 5.75 Å². The SMILES string of the molecule is COc1cc(C=C2CCCN([C@H]3CCc4ccccc4C3)C2=O)ccc1-n1cnc(C)c1. The maximum atomic E-state index is 13.4. The molecule has 1 aromatic heterocycles. The predicted molar refractivity (Wildman–Crippen MR) is 126 cm³/mol. The van der Waals surface area contributed by atoms with E-state index in [1.54, 1.807) is 13.4 Å². The molecule has 1 atom stereocenters. The standard InChI is InChI=1S/C27H29N3O2/c1-19-17-29(18-28-19)25-12-9-20(15-26(25)32-2)14-23-8-5-13-30(27(23)31)24-11-10-21-6-3-4-7-22(21)16-24/h3-4,6-7,9,12,14-15,17-18,24H,5,8,10-11,13,16H2,1-2H3/t24-/m0/s1. The number of nitrogens with zero attached hydrogens (tertiary/aromatic N) is 3. The second-order valence-corrected chi connectivity index (χ2v) is 8.79. The van der Waals surface area contributed by atoms with Crippen LogP contribution in [-0.2, 0) is 17.6 Å². The van der Waals surface area contributed by atoms with Crippen LogP contribution in [0.3, 0.4) is 0 Å². The number of aromatic nitrogens is 2. The van der Waals surface area contributed by atoms with E-state index >= 15 is 0 Å². The molecule has 2 aliphatic rings. The average molecular weight is 428 g/mol. The van der Waals surface area contributed by atoms with Crippen LogP contribution in [0, 0.1) is 6.92 Å². The summed E-state index contributed by atoms with van der Waals surface area (Å²) in [5.41, 5.74) is 6.60. The van der Waals surface area contributed by atoms with Crippen LogP contribution in [0.5, 0.6) is 5.75 Å². The van der Waals surface area contributed by atoms with E-state index in [0.29, 0.717) is 6.04 Å². The molecule has 5 rings (SSSR count). The van der Waals surface area contributed by atoms with Gasteiger partial charge < -0.3 is 14.2 Å². The lowest BCUT2D eigenvalue weighted by Crippen LogP contribution is -2.46. The minimum Gasteiger partial charge on any atom is -0.495 e. The summed E-state index contributed by atoms with van der Waals surface area (Å²) in [5.74, 6) is 0.953. The molecular formula is C27H29N3O2. The van der Waals surface area contributed by atoms with E-state index in [0.717, 1.165) is 66.9 Å². The van der Waals surface area contributed by atoms with E-state index in [2.05, 4.69) is 34.1 Å². The second-order valence-electron chi connectivity index (χ2n) is 8.79.